The van der Waals surface area contributed by atoms with E-state index >= 15 is 0 Å². The average molecular weight is 376 g/mol. The second-order valence-corrected chi connectivity index (χ2v) is 7.70. The molecule has 0 unspecified atom stereocenters. The highest BCUT2D eigenvalue weighted by atomic mass is 32.1. The number of nitrogens with zero attached hydrogens (tertiary/aromatic N) is 1. The van der Waals surface area contributed by atoms with E-state index in [0.717, 1.165) is 32.0 Å². The molecule has 1 aromatic heterocycles. The number of para-hydroxylation sites is 1. The highest BCUT2D eigenvalue weighted by molar-refractivity contribution is 7.80. The lowest BCUT2D eigenvalue weighted by Gasteiger charge is -2.38. The Morgan fingerprint density at radius 2 is 1.96 bits per heavy atom. The number of morpholine rings is 1. The third-order valence-corrected chi connectivity index (χ3v) is 5.66. The molecule has 1 saturated heterocycles. The minimum atomic E-state index is 0.195. The Balaban J connectivity index is 1.68. The molecule has 25 heavy (non-hydrogen) atoms. The minimum Gasteiger partial charge on any atom is -0.379 e. The largest absolute Gasteiger partial charge is 0.379 e. The van der Waals surface area contributed by atoms with Gasteiger partial charge in [0.25, 0.3) is 0 Å². The third-order valence-electron chi connectivity index (χ3n) is 4.50. The van der Waals surface area contributed by atoms with Gasteiger partial charge in [-0.3, -0.25) is 4.90 Å². The molecule has 1 fully saturated rings. The summed E-state index contributed by atoms with van der Waals surface area (Å²) in [7, 11) is 0. The van der Waals surface area contributed by atoms with Gasteiger partial charge in [-0.1, -0.05) is 24.3 Å². The number of rotatable bonds is 5. The van der Waals surface area contributed by atoms with Gasteiger partial charge in [-0.25, -0.2) is 0 Å². The van der Waals surface area contributed by atoms with Crippen molar-refractivity contribution in [2.24, 2.45) is 0 Å². The number of thiocarbonyl (C=S) groups is 1. The quantitative estimate of drug-likeness (QED) is 0.778. The zero-order valence-electron chi connectivity index (χ0n) is 14.7. The predicted molar refractivity (Wildman–Crippen MR) is 109 cm³/mol. The lowest BCUT2D eigenvalue weighted by Crippen LogP contribution is -2.49. The van der Waals surface area contributed by atoms with E-state index in [9.17, 15) is 0 Å². The number of hydrogen-bond donors (Lipinski definition) is 2. The van der Waals surface area contributed by atoms with Crippen LogP contribution in [0.5, 0.6) is 0 Å². The van der Waals surface area contributed by atoms with Gasteiger partial charge in [-0.2, -0.15) is 0 Å². The van der Waals surface area contributed by atoms with Crippen LogP contribution >= 0.6 is 23.6 Å². The second-order valence-electron chi connectivity index (χ2n) is 6.31. The van der Waals surface area contributed by atoms with Crippen LogP contribution in [0.25, 0.3) is 0 Å². The molecule has 134 valence electrons. The van der Waals surface area contributed by atoms with Gasteiger partial charge in [-0.15, -0.1) is 11.3 Å². The van der Waals surface area contributed by atoms with E-state index in [0.29, 0.717) is 11.2 Å². The smallest absolute Gasteiger partial charge is 0.171 e. The van der Waals surface area contributed by atoms with Gasteiger partial charge in [-0.05, 0) is 49.1 Å². The van der Waals surface area contributed by atoms with E-state index in [1.165, 1.54) is 10.4 Å². The van der Waals surface area contributed by atoms with E-state index in [4.69, 9.17) is 17.0 Å². The number of aryl methyl sites for hydroxylation is 1. The highest BCUT2D eigenvalue weighted by Gasteiger charge is 2.28. The Morgan fingerprint density at radius 3 is 2.64 bits per heavy atom. The molecule has 1 aliphatic rings. The van der Waals surface area contributed by atoms with Crippen molar-refractivity contribution >= 4 is 34.4 Å². The molecule has 0 saturated carbocycles. The van der Waals surface area contributed by atoms with Crippen LogP contribution in [-0.4, -0.2) is 42.4 Å². The van der Waals surface area contributed by atoms with Gasteiger partial charge in [0, 0.05) is 29.7 Å². The fraction of sp³-hybridized carbons (Fsp3) is 0.421. The number of hydrogen-bond acceptors (Lipinski definition) is 4. The summed E-state index contributed by atoms with van der Waals surface area (Å²) < 4.78 is 5.52. The summed E-state index contributed by atoms with van der Waals surface area (Å²) in [6.45, 7) is 7.77. The van der Waals surface area contributed by atoms with Crippen LogP contribution < -0.4 is 10.6 Å². The Hall–Kier alpha value is -1.47. The topological polar surface area (TPSA) is 36.5 Å². The lowest BCUT2D eigenvalue weighted by atomic mass is 10.1. The zero-order valence-corrected chi connectivity index (χ0v) is 16.3. The van der Waals surface area contributed by atoms with E-state index in [1.807, 2.05) is 18.2 Å². The highest BCUT2D eigenvalue weighted by Crippen LogP contribution is 2.29. The van der Waals surface area contributed by atoms with Crippen molar-refractivity contribution in [3.05, 3.63) is 52.2 Å². The molecule has 0 radical (unpaired) electrons. The molecule has 6 heteroatoms. The molecule has 2 aromatic rings. The molecule has 3 rings (SSSR count). The summed E-state index contributed by atoms with van der Waals surface area (Å²) in [4.78, 5) is 3.85. The average Bonchev–Trinajstić information content (AvgIpc) is 3.12. The summed E-state index contributed by atoms with van der Waals surface area (Å²) >= 11 is 7.36. The van der Waals surface area contributed by atoms with Crippen molar-refractivity contribution in [2.75, 3.05) is 31.6 Å². The Morgan fingerprint density at radius 1 is 1.20 bits per heavy atom. The fourth-order valence-electron chi connectivity index (χ4n) is 3.22. The van der Waals surface area contributed by atoms with Crippen molar-refractivity contribution in [3.63, 3.8) is 0 Å². The molecule has 2 heterocycles. The third kappa shape index (κ3) is 4.79. The SMILES string of the molecule is Cc1ccccc1NC(=S)N[C@@H](C)[C@@H](c1cccs1)N1CCOCC1. The molecule has 0 bridgehead atoms. The van der Waals surface area contributed by atoms with Crippen LogP contribution in [0, 0.1) is 6.92 Å². The normalized spacial score (nSPS) is 17.7. The van der Waals surface area contributed by atoms with Crippen molar-refractivity contribution < 1.29 is 4.74 Å². The van der Waals surface area contributed by atoms with Crippen LogP contribution in [0.3, 0.4) is 0 Å². The predicted octanol–water partition coefficient (Wildman–Crippen LogP) is 3.80. The number of thiophene rings is 1. The fourth-order valence-corrected chi connectivity index (χ4v) is 4.47. The van der Waals surface area contributed by atoms with Crippen LogP contribution in [0.1, 0.15) is 23.4 Å². The van der Waals surface area contributed by atoms with Crippen LogP contribution in [0.15, 0.2) is 41.8 Å². The maximum atomic E-state index is 5.56. The summed E-state index contributed by atoms with van der Waals surface area (Å²) in [5.41, 5.74) is 2.23. The van der Waals surface area contributed by atoms with Crippen LogP contribution in [0.2, 0.25) is 0 Å². The van der Waals surface area contributed by atoms with Gasteiger partial charge in [0.2, 0.25) is 0 Å². The molecule has 1 aromatic carbocycles. The van der Waals surface area contributed by atoms with Crippen LogP contribution in [-0.2, 0) is 4.74 Å². The van der Waals surface area contributed by atoms with Crippen molar-refractivity contribution in [1.29, 1.82) is 0 Å². The zero-order chi connectivity index (χ0) is 17.6. The van der Waals surface area contributed by atoms with Crippen LogP contribution in [0.4, 0.5) is 5.69 Å². The molecular weight excluding hydrogens is 350 g/mol. The van der Waals surface area contributed by atoms with E-state index in [1.54, 1.807) is 11.3 Å². The van der Waals surface area contributed by atoms with Gasteiger partial charge in [0.05, 0.1) is 19.3 Å². The Kier molecular flexibility index (Phi) is 6.42. The lowest BCUT2D eigenvalue weighted by molar-refractivity contribution is 0.0110. The molecule has 0 aliphatic carbocycles. The summed E-state index contributed by atoms with van der Waals surface area (Å²) in [5, 5.41) is 9.61. The standard InChI is InChI=1S/C19H25N3OS2/c1-14-6-3-4-7-16(14)21-19(24)20-15(2)18(17-8-5-13-25-17)22-9-11-23-12-10-22/h3-8,13,15,18H,9-12H2,1-2H3,(H2,20,21,24)/t15-,18-/m0/s1. The summed E-state index contributed by atoms with van der Waals surface area (Å²) in [6.07, 6.45) is 0. The van der Waals surface area contributed by atoms with Crippen molar-refractivity contribution in [2.45, 2.75) is 25.9 Å². The number of nitrogens with one attached hydrogen (secondary N) is 2. The molecule has 2 atom stereocenters. The Labute approximate surface area is 159 Å². The van der Waals surface area contributed by atoms with Gasteiger partial charge < -0.3 is 15.4 Å². The first-order chi connectivity index (χ1) is 12.1. The first-order valence-corrected chi connectivity index (χ1v) is 9.92. The maximum absolute atomic E-state index is 5.56. The number of ether oxygens (including phenoxy) is 1. The van der Waals surface area contributed by atoms with Crippen molar-refractivity contribution in [1.82, 2.24) is 10.2 Å². The molecule has 2 N–H and O–H groups in total. The molecule has 4 nitrogen and oxygen atoms in total. The van der Waals surface area contributed by atoms with Gasteiger partial charge >= 0.3 is 0 Å². The number of benzene rings is 1. The Bertz CT molecular complexity index is 684. The first kappa shape index (κ1) is 18.3. The van der Waals surface area contributed by atoms with Gasteiger partial charge in [0.15, 0.2) is 5.11 Å². The minimum absolute atomic E-state index is 0.195. The summed E-state index contributed by atoms with van der Waals surface area (Å²) in [6, 6.07) is 13.0. The summed E-state index contributed by atoms with van der Waals surface area (Å²) in [5.74, 6) is 0. The monoisotopic (exact) mass is 375 g/mol. The molecular formula is C19H25N3OS2. The molecule has 0 amide bonds. The molecule has 1 aliphatic heterocycles. The van der Waals surface area contributed by atoms with E-state index < -0.39 is 0 Å². The van der Waals surface area contributed by atoms with Gasteiger partial charge in [0.1, 0.15) is 0 Å². The molecule has 0 spiro atoms. The van der Waals surface area contributed by atoms with Crippen molar-refractivity contribution in [3.8, 4) is 0 Å². The van der Waals surface area contributed by atoms with E-state index in [2.05, 4.69) is 53.0 Å². The second kappa shape index (κ2) is 8.76. The number of anilines is 1. The maximum Gasteiger partial charge on any atom is 0.171 e. The van der Waals surface area contributed by atoms with E-state index in [-0.39, 0.29) is 6.04 Å². The first-order valence-electron chi connectivity index (χ1n) is 8.63.